The summed E-state index contributed by atoms with van der Waals surface area (Å²) in [6.07, 6.45) is 3.94. The van der Waals surface area contributed by atoms with Crippen molar-refractivity contribution in [3.05, 3.63) is 42.0 Å². The van der Waals surface area contributed by atoms with E-state index < -0.39 is 35.6 Å². The fourth-order valence-corrected chi connectivity index (χ4v) is 3.84. The highest BCUT2D eigenvalue weighted by Crippen LogP contribution is 2.32. The Balaban J connectivity index is 3.45. The number of hydrogen-bond donors (Lipinski definition) is 3. The monoisotopic (exact) mass is 503 g/mol. The van der Waals surface area contributed by atoms with E-state index in [4.69, 9.17) is 4.74 Å². The number of hydrogen-bond acceptors (Lipinski definition) is 5. The van der Waals surface area contributed by atoms with Crippen LogP contribution in [0.3, 0.4) is 0 Å². The first kappa shape index (κ1) is 31.0. The molecule has 1 aromatic rings. The first-order valence-corrected chi connectivity index (χ1v) is 12.8. The summed E-state index contributed by atoms with van der Waals surface area (Å²) in [5, 5.41) is 16.5. The average molecular weight is 504 g/mol. The molecule has 2 unspecified atom stereocenters. The summed E-state index contributed by atoms with van der Waals surface area (Å²) >= 11 is 0. The van der Waals surface area contributed by atoms with Gasteiger partial charge in [0.2, 0.25) is 11.8 Å². The van der Waals surface area contributed by atoms with Crippen molar-refractivity contribution in [2.45, 2.75) is 91.8 Å². The second-order valence-electron chi connectivity index (χ2n) is 10.5. The maximum absolute atomic E-state index is 13.9. The van der Waals surface area contributed by atoms with E-state index in [2.05, 4.69) is 24.1 Å². The van der Waals surface area contributed by atoms with Crippen molar-refractivity contribution in [3.8, 4) is 5.75 Å². The fourth-order valence-electron chi connectivity index (χ4n) is 3.84. The lowest BCUT2D eigenvalue weighted by atomic mass is 9.97. The molecule has 0 fully saturated rings. The summed E-state index contributed by atoms with van der Waals surface area (Å²) < 4.78 is 5.38. The predicted molar refractivity (Wildman–Crippen MR) is 143 cm³/mol. The van der Waals surface area contributed by atoms with Crippen molar-refractivity contribution in [1.82, 2.24) is 15.5 Å². The number of phenolic OH excluding ortho intramolecular Hbond substituents is 1. The molecule has 1 rings (SSSR count). The summed E-state index contributed by atoms with van der Waals surface area (Å²) in [6, 6.07) is 3.08. The third-order valence-electron chi connectivity index (χ3n) is 5.51. The number of amides is 3. The van der Waals surface area contributed by atoms with Crippen LogP contribution in [0, 0.1) is 12.8 Å². The Morgan fingerprint density at radius 2 is 1.86 bits per heavy atom. The van der Waals surface area contributed by atoms with Gasteiger partial charge < -0.3 is 25.4 Å². The number of ether oxygens (including phenoxy) is 1. The van der Waals surface area contributed by atoms with Crippen LogP contribution < -0.4 is 10.6 Å². The quantitative estimate of drug-likeness (QED) is 0.259. The minimum absolute atomic E-state index is 0.0455. The zero-order chi connectivity index (χ0) is 27.5. The highest BCUT2D eigenvalue weighted by Gasteiger charge is 2.37. The molecule has 1 aromatic carbocycles. The molecule has 36 heavy (non-hydrogen) atoms. The molecule has 0 bridgehead atoms. The molecule has 8 nitrogen and oxygen atoms in total. The van der Waals surface area contributed by atoms with Gasteiger partial charge in [-0.1, -0.05) is 57.9 Å². The lowest BCUT2D eigenvalue weighted by molar-refractivity contribution is -0.142. The van der Waals surface area contributed by atoms with E-state index in [0.717, 1.165) is 19.3 Å². The number of nitrogens with one attached hydrogen (secondary N) is 2. The topological polar surface area (TPSA) is 108 Å². The average Bonchev–Trinajstić information content (AvgIpc) is 2.76. The number of benzene rings is 1. The van der Waals surface area contributed by atoms with Crippen LogP contribution in [0.25, 0.3) is 0 Å². The van der Waals surface area contributed by atoms with Crippen molar-refractivity contribution < 1.29 is 24.2 Å². The molecular formula is C28H45N3O5. The van der Waals surface area contributed by atoms with Crippen LogP contribution in [0.5, 0.6) is 5.75 Å². The van der Waals surface area contributed by atoms with Gasteiger partial charge in [-0.3, -0.25) is 9.59 Å². The largest absolute Gasteiger partial charge is 0.507 e. The van der Waals surface area contributed by atoms with Crippen LogP contribution in [0.4, 0.5) is 4.79 Å². The second kappa shape index (κ2) is 14.5. The number of alkyl carbamates (subject to hydrolysis) is 1. The van der Waals surface area contributed by atoms with Crippen LogP contribution >= 0.6 is 0 Å². The van der Waals surface area contributed by atoms with Gasteiger partial charge in [-0.15, -0.1) is 6.58 Å². The lowest BCUT2D eigenvalue weighted by Crippen LogP contribution is -2.53. The third kappa shape index (κ3) is 9.91. The predicted octanol–water partition coefficient (Wildman–Crippen LogP) is 5.00. The number of phenols is 1. The van der Waals surface area contributed by atoms with E-state index in [1.807, 2.05) is 13.8 Å². The number of unbranched alkanes of at least 4 members (excludes halogenated alkanes) is 2. The molecule has 0 spiro atoms. The first-order valence-electron chi connectivity index (χ1n) is 12.8. The Morgan fingerprint density at radius 1 is 1.19 bits per heavy atom. The molecule has 0 aliphatic heterocycles. The fraction of sp³-hybridized carbons (Fsp3) is 0.607. The highest BCUT2D eigenvalue weighted by atomic mass is 16.6. The summed E-state index contributed by atoms with van der Waals surface area (Å²) in [5.41, 5.74) is 0.177. The number of aromatic hydroxyl groups is 1. The number of carbonyl (C=O) groups excluding carboxylic acids is 3. The highest BCUT2D eigenvalue weighted by molar-refractivity contribution is 5.92. The van der Waals surface area contributed by atoms with Crippen LogP contribution in [0.1, 0.15) is 84.4 Å². The van der Waals surface area contributed by atoms with Gasteiger partial charge in [-0.25, -0.2) is 4.79 Å². The van der Waals surface area contributed by atoms with E-state index in [1.54, 1.807) is 45.9 Å². The first-order chi connectivity index (χ1) is 16.8. The molecule has 0 aromatic heterocycles. The molecule has 202 valence electrons. The molecule has 3 N–H and O–H groups in total. The number of nitrogens with zero attached hydrogens (tertiary/aromatic N) is 1. The second-order valence-corrected chi connectivity index (χ2v) is 10.5. The van der Waals surface area contributed by atoms with Gasteiger partial charge in [-0.2, -0.15) is 0 Å². The van der Waals surface area contributed by atoms with E-state index in [9.17, 15) is 19.5 Å². The Bertz CT molecular complexity index is 892. The van der Waals surface area contributed by atoms with Gasteiger partial charge in [0.15, 0.2) is 0 Å². The maximum Gasteiger partial charge on any atom is 0.408 e. The van der Waals surface area contributed by atoms with Crippen molar-refractivity contribution in [1.29, 1.82) is 0 Å². The van der Waals surface area contributed by atoms with Crippen molar-refractivity contribution in [2.24, 2.45) is 5.92 Å². The van der Waals surface area contributed by atoms with Crippen LogP contribution in [-0.4, -0.2) is 52.6 Å². The zero-order valence-corrected chi connectivity index (χ0v) is 23.0. The molecule has 0 radical (unpaired) electrons. The van der Waals surface area contributed by atoms with Gasteiger partial charge in [0.25, 0.3) is 0 Å². The Kier molecular flexibility index (Phi) is 12.5. The molecule has 8 heteroatoms. The van der Waals surface area contributed by atoms with Crippen LogP contribution in [0.2, 0.25) is 0 Å². The Labute approximate surface area is 216 Å². The number of carbonyl (C=O) groups is 3. The third-order valence-corrected chi connectivity index (χ3v) is 5.51. The van der Waals surface area contributed by atoms with Gasteiger partial charge >= 0.3 is 6.09 Å². The van der Waals surface area contributed by atoms with Crippen LogP contribution in [-0.2, 0) is 14.3 Å². The summed E-state index contributed by atoms with van der Waals surface area (Å²) in [7, 11) is 0. The Hall–Kier alpha value is -3.03. The number of rotatable bonds is 13. The molecule has 0 saturated heterocycles. The molecular weight excluding hydrogens is 458 g/mol. The molecule has 2 atom stereocenters. The molecule has 0 aliphatic carbocycles. The van der Waals surface area contributed by atoms with E-state index in [-0.39, 0.29) is 18.2 Å². The SMILES string of the molecule is C=CCN(C(=O)C(CC(C)C)NC(=O)OC(C)(C)C)C(C(=O)NCCCCC)c1cccc(C)c1O. The van der Waals surface area contributed by atoms with Crippen molar-refractivity contribution in [3.63, 3.8) is 0 Å². The van der Waals surface area contributed by atoms with Gasteiger partial charge in [0, 0.05) is 18.7 Å². The molecule has 0 saturated carbocycles. The molecule has 3 amide bonds. The van der Waals surface area contributed by atoms with E-state index >= 15 is 0 Å². The van der Waals surface area contributed by atoms with Crippen molar-refractivity contribution in [2.75, 3.05) is 13.1 Å². The minimum Gasteiger partial charge on any atom is -0.507 e. The van der Waals surface area contributed by atoms with Crippen molar-refractivity contribution >= 4 is 17.9 Å². The summed E-state index contributed by atoms with van der Waals surface area (Å²) in [4.78, 5) is 41.3. The molecule has 0 heterocycles. The standard InChI is InChI=1S/C28H45N3O5/c1-9-11-12-16-29-25(33)23(21-15-13-14-20(5)24(21)32)31(17-10-2)26(34)22(18-19(3)4)30-27(35)36-28(6,7)8/h10,13-15,19,22-23,32H,2,9,11-12,16-18H2,1,3-8H3,(H,29,33)(H,30,35). The number of aryl methyl sites for hydroxylation is 1. The van der Waals surface area contributed by atoms with E-state index in [1.165, 1.54) is 11.0 Å². The van der Waals surface area contributed by atoms with Crippen LogP contribution in [0.15, 0.2) is 30.9 Å². The summed E-state index contributed by atoms with van der Waals surface area (Å²) in [6.45, 7) is 17.2. The van der Waals surface area contributed by atoms with Gasteiger partial charge in [0.1, 0.15) is 23.4 Å². The normalized spacial score (nSPS) is 13.0. The molecule has 0 aliphatic rings. The maximum atomic E-state index is 13.9. The minimum atomic E-state index is -1.10. The van der Waals surface area contributed by atoms with Gasteiger partial charge in [0.05, 0.1) is 0 Å². The summed E-state index contributed by atoms with van der Waals surface area (Å²) in [5.74, 6) is -0.825. The smallest absolute Gasteiger partial charge is 0.408 e. The van der Waals surface area contributed by atoms with E-state index in [0.29, 0.717) is 24.1 Å². The van der Waals surface area contributed by atoms with Gasteiger partial charge in [-0.05, 0) is 52.0 Å². The lowest BCUT2D eigenvalue weighted by Gasteiger charge is -2.34. The zero-order valence-electron chi connectivity index (χ0n) is 23.0. The Morgan fingerprint density at radius 3 is 2.42 bits per heavy atom. The number of para-hydroxylation sites is 1.